The monoisotopic (exact) mass is 364 g/mol. The third kappa shape index (κ3) is 5.42. The van der Waals surface area contributed by atoms with Gasteiger partial charge in [0, 0.05) is 13.2 Å². The SMILES string of the molecule is C[Si](C)(C)[Si](OCCCCCCO)([Si](C)(C)C)[Si](C)(C)C. The van der Waals surface area contributed by atoms with Gasteiger partial charge < -0.3 is 9.53 Å². The molecule has 0 aromatic heterocycles. The zero-order chi connectivity index (χ0) is 16.9. The summed E-state index contributed by atoms with van der Waals surface area (Å²) in [7, 11) is -3.85. The normalized spacial score (nSPS) is 14.6. The summed E-state index contributed by atoms with van der Waals surface area (Å²) in [5.74, 6) is 0. The second kappa shape index (κ2) is 8.06. The van der Waals surface area contributed by atoms with Crippen LogP contribution < -0.4 is 0 Å². The maximum Gasteiger partial charge on any atom is 0.158 e. The lowest BCUT2D eigenvalue weighted by atomic mass is 10.2. The summed E-state index contributed by atoms with van der Waals surface area (Å²) in [5.41, 5.74) is 0. The maximum atomic E-state index is 8.86. The topological polar surface area (TPSA) is 29.5 Å². The molecule has 0 amide bonds. The first-order chi connectivity index (χ1) is 9.31. The van der Waals surface area contributed by atoms with Crippen molar-refractivity contribution >= 4 is 29.6 Å². The Labute approximate surface area is 137 Å². The fraction of sp³-hybridized carbons (Fsp3) is 1.00. The van der Waals surface area contributed by atoms with E-state index in [1.165, 1.54) is 12.8 Å². The van der Waals surface area contributed by atoms with Crippen LogP contribution in [-0.2, 0) is 4.43 Å². The van der Waals surface area contributed by atoms with E-state index in [1.807, 2.05) is 0 Å². The summed E-state index contributed by atoms with van der Waals surface area (Å²) in [6, 6.07) is 0. The van der Waals surface area contributed by atoms with Gasteiger partial charge in [-0.25, -0.2) is 0 Å². The lowest BCUT2D eigenvalue weighted by Gasteiger charge is -2.56. The van der Waals surface area contributed by atoms with Gasteiger partial charge in [0.05, 0.1) is 22.8 Å². The van der Waals surface area contributed by atoms with E-state index in [1.54, 1.807) is 0 Å². The second-order valence-electron chi connectivity index (χ2n) is 9.42. The molecule has 0 aromatic carbocycles. The van der Waals surface area contributed by atoms with Crippen molar-refractivity contribution < 1.29 is 9.53 Å². The lowest BCUT2D eigenvalue weighted by molar-refractivity contribution is 0.275. The van der Waals surface area contributed by atoms with Crippen LogP contribution in [0, 0.1) is 0 Å². The van der Waals surface area contributed by atoms with Gasteiger partial charge in [-0.15, -0.1) is 0 Å². The highest BCUT2D eigenvalue weighted by Crippen LogP contribution is 2.37. The van der Waals surface area contributed by atoms with Crippen molar-refractivity contribution in [3.05, 3.63) is 0 Å². The van der Waals surface area contributed by atoms with E-state index in [9.17, 15) is 0 Å². The zero-order valence-electron chi connectivity index (χ0n) is 16.1. The number of hydrogen-bond donors (Lipinski definition) is 1. The average molecular weight is 365 g/mol. The molecule has 2 nitrogen and oxygen atoms in total. The van der Waals surface area contributed by atoms with Crippen molar-refractivity contribution in [2.45, 2.75) is 84.6 Å². The molecule has 0 saturated heterocycles. The molecule has 0 aliphatic rings. The fourth-order valence-corrected chi connectivity index (χ4v) is 99.1. The minimum absolute atomic E-state index is 0.332. The maximum absolute atomic E-state index is 8.86. The number of aliphatic hydroxyl groups excluding tert-OH is 1. The van der Waals surface area contributed by atoms with E-state index < -0.39 is 29.6 Å². The minimum Gasteiger partial charge on any atom is -0.426 e. The molecular weight excluding hydrogens is 325 g/mol. The molecule has 21 heavy (non-hydrogen) atoms. The Morgan fingerprint density at radius 2 is 1.00 bits per heavy atom. The second-order valence-corrected chi connectivity index (χ2v) is 48.9. The van der Waals surface area contributed by atoms with Gasteiger partial charge in [0.1, 0.15) is 0 Å². The molecule has 6 heteroatoms. The number of hydrogen-bond acceptors (Lipinski definition) is 2. The molecule has 0 atom stereocenters. The van der Waals surface area contributed by atoms with E-state index in [0.29, 0.717) is 6.61 Å². The Kier molecular flexibility index (Phi) is 8.36. The van der Waals surface area contributed by atoms with Crippen molar-refractivity contribution in [1.82, 2.24) is 0 Å². The van der Waals surface area contributed by atoms with Crippen molar-refractivity contribution in [2.75, 3.05) is 13.2 Å². The summed E-state index contributed by atoms with van der Waals surface area (Å²) in [6.07, 6.45) is 4.46. The molecule has 0 spiro atoms. The van der Waals surface area contributed by atoms with Crippen molar-refractivity contribution in [3.63, 3.8) is 0 Å². The Morgan fingerprint density at radius 3 is 1.33 bits per heavy atom. The van der Waals surface area contributed by atoms with Crippen molar-refractivity contribution in [1.29, 1.82) is 0 Å². The molecule has 0 aliphatic carbocycles. The molecule has 0 aromatic rings. The molecular formula is C15H40O2Si4. The Hall–Kier alpha value is 0.788. The minimum atomic E-state index is -1.60. The summed E-state index contributed by atoms with van der Waals surface area (Å²) in [4.78, 5) is 0. The lowest BCUT2D eigenvalue weighted by Crippen LogP contribution is -2.84. The number of unbranched alkanes of at least 4 members (excludes halogenated alkanes) is 3. The average Bonchev–Trinajstić information content (AvgIpc) is 2.22. The van der Waals surface area contributed by atoms with E-state index in [0.717, 1.165) is 19.4 Å². The van der Waals surface area contributed by atoms with Crippen molar-refractivity contribution in [3.8, 4) is 0 Å². The largest absolute Gasteiger partial charge is 0.426 e. The first kappa shape index (κ1) is 21.8. The van der Waals surface area contributed by atoms with Crippen LogP contribution in [0.3, 0.4) is 0 Å². The van der Waals surface area contributed by atoms with Crippen LogP contribution in [0.25, 0.3) is 0 Å². The third-order valence-electron chi connectivity index (χ3n) is 4.54. The van der Waals surface area contributed by atoms with E-state index in [4.69, 9.17) is 9.53 Å². The van der Waals surface area contributed by atoms with Crippen LogP contribution >= 0.6 is 0 Å². The van der Waals surface area contributed by atoms with Gasteiger partial charge >= 0.3 is 0 Å². The predicted molar refractivity (Wildman–Crippen MR) is 107 cm³/mol. The molecule has 0 bridgehead atoms. The quantitative estimate of drug-likeness (QED) is 0.447. The van der Waals surface area contributed by atoms with Gasteiger partial charge in [-0.1, -0.05) is 71.8 Å². The first-order valence-corrected chi connectivity index (χ1v) is 24.0. The molecule has 1 N–H and O–H groups in total. The molecule has 0 saturated carbocycles. The van der Waals surface area contributed by atoms with E-state index >= 15 is 0 Å². The number of rotatable bonds is 10. The van der Waals surface area contributed by atoms with E-state index in [2.05, 4.69) is 58.9 Å². The Morgan fingerprint density at radius 1 is 0.619 bits per heavy atom. The van der Waals surface area contributed by atoms with Gasteiger partial charge in [-0.2, -0.15) is 0 Å². The van der Waals surface area contributed by atoms with Gasteiger partial charge in [-0.3, -0.25) is 0 Å². The smallest absolute Gasteiger partial charge is 0.158 e. The summed E-state index contributed by atoms with van der Waals surface area (Å²) in [6.45, 7) is 22.8. The van der Waals surface area contributed by atoms with Crippen LogP contribution in [0.4, 0.5) is 0 Å². The van der Waals surface area contributed by atoms with Crippen LogP contribution in [-0.4, -0.2) is 48.0 Å². The Bertz CT molecular complexity index is 264. The van der Waals surface area contributed by atoms with Gasteiger partial charge in [0.2, 0.25) is 0 Å². The Balaban J connectivity index is 5.08. The number of aliphatic hydroxyl groups is 1. The molecule has 0 heterocycles. The summed E-state index contributed by atoms with van der Waals surface area (Å²) < 4.78 is 6.96. The standard InChI is InChI=1S/C15H40O2Si4/c1-18(2,3)21(19(4,5)6,20(7,8)9)17-15-13-11-10-12-14-16/h16H,10-15H2,1-9H3. The van der Waals surface area contributed by atoms with Crippen LogP contribution in [0.15, 0.2) is 0 Å². The highest BCUT2D eigenvalue weighted by Gasteiger charge is 2.63. The molecule has 128 valence electrons. The van der Waals surface area contributed by atoms with Crippen LogP contribution in [0.5, 0.6) is 0 Å². The van der Waals surface area contributed by atoms with Crippen molar-refractivity contribution in [2.24, 2.45) is 0 Å². The fourth-order valence-electron chi connectivity index (χ4n) is 4.82. The van der Waals surface area contributed by atoms with Gasteiger partial charge in [0.25, 0.3) is 0 Å². The summed E-state index contributed by atoms with van der Waals surface area (Å²) in [5, 5.41) is 8.86. The highest BCUT2D eigenvalue weighted by molar-refractivity contribution is 7.87. The molecule has 0 rings (SSSR count). The predicted octanol–water partition coefficient (Wildman–Crippen LogP) is 4.75. The molecule has 0 radical (unpaired) electrons. The van der Waals surface area contributed by atoms with Gasteiger partial charge in [0.15, 0.2) is 6.87 Å². The van der Waals surface area contributed by atoms with Crippen LogP contribution in [0.1, 0.15) is 25.7 Å². The summed E-state index contributed by atoms with van der Waals surface area (Å²) >= 11 is 0. The molecule has 0 unspecified atom stereocenters. The third-order valence-corrected chi connectivity index (χ3v) is 72.3. The first-order valence-electron chi connectivity index (χ1n) is 8.56. The van der Waals surface area contributed by atoms with E-state index in [-0.39, 0.29) is 0 Å². The highest BCUT2D eigenvalue weighted by atomic mass is 29.9. The molecule has 0 aliphatic heterocycles. The van der Waals surface area contributed by atoms with Crippen LogP contribution in [0.2, 0.25) is 58.9 Å². The molecule has 0 fully saturated rings. The van der Waals surface area contributed by atoms with Gasteiger partial charge in [-0.05, 0) is 12.8 Å². The zero-order valence-corrected chi connectivity index (χ0v) is 20.1.